The lowest BCUT2D eigenvalue weighted by atomic mass is 10.0. The molecule has 0 spiro atoms. The van der Waals surface area contributed by atoms with Crippen LogP contribution in [0.5, 0.6) is 0 Å². The minimum absolute atomic E-state index is 0.456. The van der Waals surface area contributed by atoms with Gasteiger partial charge in [-0.1, -0.05) is 38.8 Å². The van der Waals surface area contributed by atoms with E-state index in [2.05, 4.69) is 72.9 Å². The molecule has 1 nitrogen and oxygen atoms in total. The molecule has 1 aromatic carbocycles. The fourth-order valence-corrected chi connectivity index (χ4v) is 2.15. The Kier molecular flexibility index (Phi) is 6.36. The van der Waals surface area contributed by atoms with Crippen molar-refractivity contribution in [1.82, 2.24) is 5.32 Å². The van der Waals surface area contributed by atoms with E-state index >= 15 is 0 Å². The van der Waals surface area contributed by atoms with Gasteiger partial charge in [0.1, 0.15) is 0 Å². The number of halogens is 1. The molecule has 1 rings (SSSR count). The highest BCUT2D eigenvalue weighted by molar-refractivity contribution is 14.1. The number of nitrogens with one attached hydrogen (secondary N) is 1. The standard InChI is InChI=1S/C14H22IN/c1-4-12(5-2)10-16-11(3)13-6-8-14(15)9-7-13/h6-9,11-12,16H,4-5,10H2,1-3H3. The van der Waals surface area contributed by atoms with Crippen LogP contribution in [-0.4, -0.2) is 6.54 Å². The molecule has 0 aliphatic heterocycles. The lowest BCUT2D eigenvalue weighted by molar-refractivity contribution is 0.422. The number of benzene rings is 1. The number of hydrogen-bond donors (Lipinski definition) is 1. The molecule has 1 atom stereocenters. The molecule has 2 heteroatoms. The largest absolute Gasteiger partial charge is 0.310 e. The van der Waals surface area contributed by atoms with Crippen LogP contribution in [0, 0.1) is 9.49 Å². The van der Waals surface area contributed by atoms with E-state index in [4.69, 9.17) is 0 Å². The molecule has 0 aliphatic rings. The predicted molar refractivity (Wildman–Crippen MR) is 79.6 cm³/mol. The van der Waals surface area contributed by atoms with Crippen LogP contribution < -0.4 is 5.32 Å². The van der Waals surface area contributed by atoms with E-state index in [0.29, 0.717) is 6.04 Å². The van der Waals surface area contributed by atoms with Crippen LogP contribution >= 0.6 is 22.6 Å². The fraction of sp³-hybridized carbons (Fsp3) is 0.571. The Bertz CT molecular complexity index is 290. The van der Waals surface area contributed by atoms with Gasteiger partial charge >= 0.3 is 0 Å². The van der Waals surface area contributed by atoms with Gasteiger partial charge in [-0.3, -0.25) is 0 Å². The maximum Gasteiger partial charge on any atom is 0.0291 e. The van der Waals surface area contributed by atoms with E-state index in [1.807, 2.05) is 0 Å². The summed E-state index contributed by atoms with van der Waals surface area (Å²) in [6.45, 7) is 7.90. The second-order valence-corrected chi connectivity index (χ2v) is 5.61. The van der Waals surface area contributed by atoms with E-state index in [1.54, 1.807) is 0 Å². The minimum Gasteiger partial charge on any atom is -0.310 e. The Labute approximate surface area is 113 Å². The third-order valence-electron chi connectivity index (χ3n) is 3.24. The van der Waals surface area contributed by atoms with Crippen LogP contribution in [0.25, 0.3) is 0 Å². The molecule has 0 amide bonds. The van der Waals surface area contributed by atoms with Crippen LogP contribution in [0.2, 0.25) is 0 Å². The molecule has 0 saturated carbocycles. The summed E-state index contributed by atoms with van der Waals surface area (Å²) in [5.74, 6) is 0.811. The molecule has 0 radical (unpaired) electrons. The second-order valence-electron chi connectivity index (χ2n) is 4.36. The molecule has 0 fully saturated rings. The normalized spacial score (nSPS) is 13.1. The minimum atomic E-state index is 0.456. The average molecular weight is 331 g/mol. The molecule has 0 aromatic heterocycles. The zero-order chi connectivity index (χ0) is 12.0. The van der Waals surface area contributed by atoms with Gasteiger partial charge in [-0.05, 0) is 59.7 Å². The molecular formula is C14H22IN. The van der Waals surface area contributed by atoms with Gasteiger partial charge in [0.25, 0.3) is 0 Å². The van der Waals surface area contributed by atoms with E-state index in [-0.39, 0.29) is 0 Å². The molecule has 0 bridgehead atoms. The van der Waals surface area contributed by atoms with Crippen molar-refractivity contribution in [2.75, 3.05) is 6.54 Å². The van der Waals surface area contributed by atoms with Crippen molar-refractivity contribution >= 4 is 22.6 Å². The Morgan fingerprint density at radius 3 is 2.19 bits per heavy atom. The smallest absolute Gasteiger partial charge is 0.0291 e. The van der Waals surface area contributed by atoms with Gasteiger partial charge in [-0.2, -0.15) is 0 Å². The van der Waals surface area contributed by atoms with Crippen LogP contribution in [-0.2, 0) is 0 Å². The van der Waals surface area contributed by atoms with Crippen molar-refractivity contribution in [2.45, 2.75) is 39.7 Å². The molecule has 16 heavy (non-hydrogen) atoms. The molecule has 1 N–H and O–H groups in total. The quantitative estimate of drug-likeness (QED) is 0.763. The highest BCUT2D eigenvalue weighted by Crippen LogP contribution is 2.15. The molecule has 90 valence electrons. The summed E-state index contributed by atoms with van der Waals surface area (Å²) in [6.07, 6.45) is 2.53. The molecule has 1 aromatic rings. The summed E-state index contributed by atoms with van der Waals surface area (Å²) in [5, 5.41) is 3.62. The van der Waals surface area contributed by atoms with Crippen molar-refractivity contribution in [3.05, 3.63) is 33.4 Å². The maximum atomic E-state index is 3.62. The average Bonchev–Trinajstić information content (AvgIpc) is 2.31. The third kappa shape index (κ3) is 4.42. The van der Waals surface area contributed by atoms with Crippen LogP contribution in [0.3, 0.4) is 0 Å². The zero-order valence-electron chi connectivity index (χ0n) is 10.5. The van der Waals surface area contributed by atoms with E-state index < -0.39 is 0 Å². The van der Waals surface area contributed by atoms with Crippen molar-refractivity contribution < 1.29 is 0 Å². The third-order valence-corrected chi connectivity index (χ3v) is 3.96. The van der Waals surface area contributed by atoms with Gasteiger partial charge in [0.05, 0.1) is 0 Å². The number of rotatable bonds is 6. The van der Waals surface area contributed by atoms with Crippen molar-refractivity contribution in [3.8, 4) is 0 Å². The molecular weight excluding hydrogens is 309 g/mol. The highest BCUT2D eigenvalue weighted by Gasteiger charge is 2.07. The Hall–Kier alpha value is -0.0900. The molecule has 1 unspecified atom stereocenters. The van der Waals surface area contributed by atoms with Gasteiger partial charge in [-0.15, -0.1) is 0 Å². The fourth-order valence-electron chi connectivity index (χ4n) is 1.79. The molecule has 0 saturated heterocycles. The Morgan fingerprint density at radius 2 is 1.69 bits per heavy atom. The van der Waals surface area contributed by atoms with Crippen LogP contribution in [0.4, 0.5) is 0 Å². The lowest BCUT2D eigenvalue weighted by Crippen LogP contribution is -2.25. The molecule has 0 heterocycles. The van der Waals surface area contributed by atoms with Crippen LogP contribution in [0.15, 0.2) is 24.3 Å². The summed E-state index contributed by atoms with van der Waals surface area (Å²) in [6, 6.07) is 9.23. The Morgan fingerprint density at radius 1 is 1.12 bits per heavy atom. The lowest BCUT2D eigenvalue weighted by Gasteiger charge is -2.19. The number of hydrogen-bond acceptors (Lipinski definition) is 1. The predicted octanol–water partition coefficient (Wildman–Crippen LogP) is 4.38. The molecule has 0 aliphatic carbocycles. The SMILES string of the molecule is CCC(CC)CNC(C)c1ccc(I)cc1. The zero-order valence-corrected chi connectivity index (χ0v) is 12.6. The summed E-state index contributed by atoms with van der Waals surface area (Å²) in [5.41, 5.74) is 1.38. The van der Waals surface area contributed by atoms with Gasteiger partial charge < -0.3 is 5.32 Å². The van der Waals surface area contributed by atoms with Gasteiger partial charge in [-0.25, -0.2) is 0 Å². The first-order valence-electron chi connectivity index (χ1n) is 6.16. The van der Waals surface area contributed by atoms with E-state index in [1.165, 1.54) is 22.0 Å². The summed E-state index contributed by atoms with van der Waals surface area (Å²) < 4.78 is 1.30. The van der Waals surface area contributed by atoms with E-state index in [9.17, 15) is 0 Å². The summed E-state index contributed by atoms with van der Waals surface area (Å²) >= 11 is 2.34. The second kappa shape index (κ2) is 7.28. The van der Waals surface area contributed by atoms with Crippen molar-refractivity contribution in [1.29, 1.82) is 0 Å². The highest BCUT2D eigenvalue weighted by atomic mass is 127. The maximum absolute atomic E-state index is 3.62. The monoisotopic (exact) mass is 331 g/mol. The van der Waals surface area contributed by atoms with E-state index in [0.717, 1.165) is 12.5 Å². The first-order chi connectivity index (χ1) is 7.67. The van der Waals surface area contributed by atoms with Gasteiger partial charge in [0, 0.05) is 9.61 Å². The van der Waals surface area contributed by atoms with Crippen LogP contribution in [0.1, 0.15) is 45.2 Å². The summed E-state index contributed by atoms with van der Waals surface area (Å²) in [7, 11) is 0. The topological polar surface area (TPSA) is 12.0 Å². The first kappa shape index (κ1) is 14.0. The van der Waals surface area contributed by atoms with Crippen molar-refractivity contribution in [3.63, 3.8) is 0 Å². The Balaban J connectivity index is 2.46. The summed E-state index contributed by atoms with van der Waals surface area (Å²) in [4.78, 5) is 0. The first-order valence-corrected chi connectivity index (χ1v) is 7.24. The van der Waals surface area contributed by atoms with Gasteiger partial charge in [0.15, 0.2) is 0 Å². The van der Waals surface area contributed by atoms with Crippen molar-refractivity contribution in [2.24, 2.45) is 5.92 Å². The van der Waals surface area contributed by atoms with Gasteiger partial charge in [0.2, 0.25) is 0 Å².